The van der Waals surface area contributed by atoms with Gasteiger partial charge in [-0.25, -0.2) is 9.50 Å². The summed E-state index contributed by atoms with van der Waals surface area (Å²) in [6, 6.07) is 13.0. The summed E-state index contributed by atoms with van der Waals surface area (Å²) in [5.41, 5.74) is 3.88. The van der Waals surface area contributed by atoms with Crippen LogP contribution in [0.15, 0.2) is 54.9 Å². The predicted molar refractivity (Wildman–Crippen MR) is 129 cm³/mol. The van der Waals surface area contributed by atoms with E-state index in [0.717, 1.165) is 11.3 Å². The van der Waals surface area contributed by atoms with Crippen LogP contribution in [0, 0.1) is 6.92 Å². The zero-order chi connectivity index (χ0) is 24.2. The van der Waals surface area contributed by atoms with E-state index >= 15 is 0 Å². The van der Waals surface area contributed by atoms with Crippen LogP contribution in [0.2, 0.25) is 0 Å². The number of aryl methyl sites for hydroxylation is 1. The molecule has 0 spiro atoms. The lowest BCUT2D eigenvalue weighted by Crippen LogP contribution is -2.24. The van der Waals surface area contributed by atoms with E-state index in [1.165, 1.54) is 6.92 Å². The number of ether oxygens (including phenoxy) is 1. The Hall–Kier alpha value is -4.27. The van der Waals surface area contributed by atoms with Gasteiger partial charge in [-0.1, -0.05) is 18.2 Å². The maximum Gasteiger partial charge on any atom is 0.253 e. The smallest absolute Gasteiger partial charge is 0.253 e. The fraction of sp³-hybridized carbons (Fsp3) is 0.240. The molecule has 2 N–H and O–H groups in total. The Labute approximate surface area is 197 Å². The first-order valence-corrected chi connectivity index (χ1v) is 10.9. The van der Waals surface area contributed by atoms with Crippen LogP contribution < -0.4 is 15.4 Å². The van der Waals surface area contributed by atoms with Crippen LogP contribution in [-0.2, 0) is 11.3 Å². The first-order chi connectivity index (χ1) is 16.3. The van der Waals surface area contributed by atoms with Crippen LogP contribution in [0.3, 0.4) is 0 Å². The lowest BCUT2D eigenvalue weighted by Gasteiger charge is -2.15. The number of imidazole rings is 1. The molecule has 0 fully saturated rings. The third kappa shape index (κ3) is 5.20. The molecule has 0 saturated carbocycles. The second-order valence-corrected chi connectivity index (χ2v) is 8.14. The number of benzene rings is 1. The van der Waals surface area contributed by atoms with Gasteiger partial charge in [0.15, 0.2) is 11.5 Å². The molecule has 4 rings (SSSR count). The van der Waals surface area contributed by atoms with Gasteiger partial charge in [-0.2, -0.15) is 5.10 Å². The zero-order valence-electron chi connectivity index (χ0n) is 19.5. The lowest BCUT2D eigenvalue weighted by molar-refractivity contribution is -0.114. The van der Waals surface area contributed by atoms with Gasteiger partial charge in [-0.3, -0.25) is 14.6 Å². The maximum atomic E-state index is 13.0. The quantitative estimate of drug-likeness (QED) is 0.436. The van der Waals surface area contributed by atoms with Crippen molar-refractivity contribution < 1.29 is 14.3 Å². The predicted octanol–water partition coefficient (Wildman–Crippen LogP) is 3.78. The first kappa shape index (κ1) is 22.9. The number of carbonyl (C=O) groups excluding carboxylic acids is 2. The van der Waals surface area contributed by atoms with Gasteiger partial charge < -0.3 is 15.4 Å². The Kier molecular flexibility index (Phi) is 6.53. The molecule has 0 aliphatic rings. The number of fused-ring (bicyclic) bond motifs is 1. The van der Waals surface area contributed by atoms with Crippen molar-refractivity contribution in [2.75, 3.05) is 5.32 Å². The van der Waals surface area contributed by atoms with Gasteiger partial charge in [0.05, 0.1) is 29.3 Å². The number of para-hydroxylation sites is 1. The van der Waals surface area contributed by atoms with E-state index in [1.54, 1.807) is 42.0 Å². The highest BCUT2D eigenvalue weighted by molar-refractivity contribution is 5.96. The van der Waals surface area contributed by atoms with Crippen LogP contribution in [0.1, 0.15) is 42.4 Å². The van der Waals surface area contributed by atoms with Gasteiger partial charge in [0.2, 0.25) is 5.91 Å². The molecule has 174 valence electrons. The van der Waals surface area contributed by atoms with Gasteiger partial charge in [0.1, 0.15) is 5.75 Å². The van der Waals surface area contributed by atoms with E-state index in [-0.39, 0.29) is 17.9 Å². The molecule has 0 saturated heterocycles. The second kappa shape index (κ2) is 9.70. The summed E-state index contributed by atoms with van der Waals surface area (Å²) in [7, 11) is 0. The Morgan fingerprint density at radius 3 is 2.71 bits per heavy atom. The molecule has 0 aliphatic heterocycles. The Morgan fingerprint density at radius 2 is 1.94 bits per heavy atom. The number of carbonyl (C=O) groups is 2. The highest BCUT2D eigenvalue weighted by Crippen LogP contribution is 2.22. The Morgan fingerprint density at radius 1 is 1.15 bits per heavy atom. The number of pyridine rings is 1. The number of amides is 2. The third-order valence-corrected chi connectivity index (χ3v) is 5.03. The van der Waals surface area contributed by atoms with Crippen molar-refractivity contribution in [3.63, 3.8) is 0 Å². The number of nitrogens with one attached hydrogen (secondary N) is 2. The normalized spacial score (nSPS) is 11.0. The number of hydrogen-bond acceptors (Lipinski definition) is 6. The van der Waals surface area contributed by atoms with Gasteiger partial charge in [-0.05, 0) is 45.0 Å². The summed E-state index contributed by atoms with van der Waals surface area (Å²) >= 11 is 0. The van der Waals surface area contributed by atoms with E-state index in [2.05, 4.69) is 25.7 Å². The zero-order valence-corrected chi connectivity index (χ0v) is 19.5. The Balaban J connectivity index is 1.55. The molecule has 3 aromatic heterocycles. The minimum absolute atomic E-state index is 0.0367. The average molecular weight is 459 g/mol. The molecule has 1 aromatic carbocycles. The highest BCUT2D eigenvalue weighted by atomic mass is 16.5. The number of hydrogen-bond donors (Lipinski definition) is 2. The molecule has 0 bridgehead atoms. The van der Waals surface area contributed by atoms with Crippen LogP contribution in [0.4, 0.5) is 5.82 Å². The molecule has 9 heteroatoms. The van der Waals surface area contributed by atoms with Gasteiger partial charge in [0.25, 0.3) is 5.91 Å². The van der Waals surface area contributed by atoms with Crippen molar-refractivity contribution in [1.29, 1.82) is 0 Å². The summed E-state index contributed by atoms with van der Waals surface area (Å²) in [6.07, 6.45) is 3.35. The summed E-state index contributed by atoms with van der Waals surface area (Å²) in [4.78, 5) is 33.0. The molecule has 0 unspecified atom stereocenters. The summed E-state index contributed by atoms with van der Waals surface area (Å²) in [6.45, 7) is 7.47. The lowest BCUT2D eigenvalue weighted by atomic mass is 10.1. The standard InChI is InChI=1S/C25H26N6O3/c1-15(2)34-22-8-6-5-7-18(22)12-27-25(33)20-11-19(13-26-16(20)3)21-9-10-24-29-23(28-17(4)32)14-31(24)30-21/h5-11,13-15H,12H2,1-4H3,(H,27,33)(H,28,32). The van der Waals surface area contributed by atoms with Crippen molar-refractivity contribution in [1.82, 2.24) is 24.9 Å². The minimum Gasteiger partial charge on any atom is -0.491 e. The highest BCUT2D eigenvalue weighted by Gasteiger charge is 2.14. The third-order valence-electron chi connectivity index (χ3n) is 5.03. The van der Waals surface area contributed by atoms with E-state index in [4.69, 9.17) is 4.74 Å². The SMILES string of the molecule is CC(=O)Nc1cn2nc(-c3cnc(C)c(C(=O)NCc4ccccc4OC(C)C)c3)ccc2n1. The van der Waals surface area contributed by atoms with E-state index in [0.29, 0.717) is 40.5 Å². The van der Waals surface area contributed by atoms with Crippen LogP contribution in [-0.4, -0.2) is 37.5 Å². The molecule has 0 aliphatic carbocycles. The summed E-state index contributed by atoms with van der Waals surface area (Å²) in [5.74, 6) is 0.724. The van der Waals surface area contributed by atoms with Crippen molar-refractivity contribution in [2.24, 2.45) is 0 Å². The number of nitrogens with zero attached hydrogens (tertiary/aromatic N) is 4. The number of anilines is 1. The summed E-state index contributed by atoms with van der Waals surface area (Å²) < 4.78 is 7.41. The molecule has 0 atom stereocenters. The largest absolute Gasteiger partial charge is 0.491 e. The van der Waals surface area contributed by atoms with E-state index in [1.807, 2.05) is 38.1 Å². The number of aromatic nitrogens is 4. The fourth-order valence-corrected chi connectivity index (χ4v) is 3.47. The van der Waals surface area contributed by atoms with Gasteiger partial charge >= 0.3 is 0 Å². The van der Waals surface area contributed by atoms with Crippen LogP contribution in [0.5, 0.6) is 5.75 Å². The monoisotopic (exact) mass is 458 g/mol. The van der Waals surface area contributed by atoms with Crippen molar-refractivity contribution in [3.05, 3.63) is 71.7 Å². The molecule has 9 nitrogen and oxygen atoms in total. The maximum absolute atomic E-state index is 13.0. The minimum atomic E-state index is -0.233. The first-order valence-electron chi connectivity index (χ1n) is 10.9. The van der Waals surface area contributed by atoms with E-state index in [9.17, 15) is 9.59 Å². The molecule has 2 amide bonds. The fourth-order valence-electron chi connectivity index (χ4n) is 3.47. The van der Waals surface area contributed by atoms with Gasteiger partial charge in [0, 0.05) is 30.8 Å². The van der Waals surface area contributed by atoms with Crippen LogP contribution in [0.25, 0.3) is 16.9 Å². The average Bonchev–Trinajstić information content (AvgIpc) is 3.19. The summed E-state index contributed by atoms with van der Waals surface area (Å²) in [5, 5.41) is 10.2. The topological polar surface area (TPSA) is 111 Å². The molecule has 3 heterocycles. The van der Waals surface area contributed by atoms with Crippen molar-refractivity contribution >= 4 is 23.3 Å². The van der Waals surface area contributed by atoms with Crippen LogP contribution >= 0.6 is 0 Å². The van der Waals surface area contributed by atoms with Crippen molar-refractivity contribution in [2.45, 2.75) is 40.3 Å². The van der Waals surface area contributed by atoms with Crippen molar-refractivity contribution in [3.8, 4) is 17.0 Å². The van der Waals surface area contributed by atoms with Gasteiger partial charge in [-0.15, -0.1) is 0 Å². The molecule has 34 heavy (non-hydrogen) atoms. The number of rotatable bonds is 7. The molecular weight excluding hydrogens is 432 g/mol. The second-order valence-electron chi connectivity index (χ2n) is 8.14. The molecule has 4 aromatic rings. The molecular formula is C25H26N6O3. The Bertz CT molecular complexity index is 1360. The van der Waals surface area contributed by atoms with E-state index < -0.39 is 0 Å². The molecule has 0 radical (unpaired) electrons.